The fraction of sp³-hybridized carbons (Fsp3) is 0.294. The van der Waals surface area contributed by atoms with Gasteiger partial charge in [-0.25, -0.2) is 18.6 Å². The maximum absolute atomic E-state index is 14.7. The lowest BCUT2D eigenvalue weighted by Crippen LogP contribution is -2.34. The zero-order chi connectivity index (χ0) is 21.9. The molecule has 0 aliphatic rings. The van der Waals surface area contributed by atoms with Gasteiger partial charge in [-0.1, -0.05) is 23.2 Å². The summed E-state index contributed by atoms with van der Waals surface area (Å²) in [5.74, 6) is -2.68. The first-order valence-corrected chi connectivity index (χ1v) is 8.14. The van der Waals surface area contributed by atoms with Crippen molar-refractivity contribution >= 4 is 56.9 Å². The highest BCUT2D eigenvalue weighted by Crippen LogP contribution is 2.40. The molecule has 0 saturated carbocycles. The minimum Gasteiger partial charge on any atom is -0.443 e. The summed E-state index contributed by atoms with van der Waals surface area (Å²) in [4.78, 5) is 19.6. The topological polar surface area (TPSA) is 58.2 Å². The lowest BCUT2D eigenvalue weighted by Gasteiger charge is -2.25. The van der Waals surface area contributed by atoms with Gasteiger partial charge in [0, 0.05) is 28.7 Å². The van der Waals surface area contributed by atoms with Crippen molar-refractivity contribution in [1.29, 1.82) is 0 Å². The van der Waals surface area contributed by atoms with E-state index in [-0.39, 0.29) is 36.9 Å². The normalized spacial score (nSPS) is 14.2. The Labute approximate surface area is 162 Å². The number of carbonyl (C=O) groups is 1. The number of aromatic amines is 1. The number of amides is 1. The van der Waals surface area contributed by atoms with Gasteiger partial charge in [-0.3, -0.25) is 4.90 Å². The van der Waals surface area contributed by atoms with Gasteiger partial charge in [-0.15, -0.1) is 0 Å². The molecule has 0 unspecified atom stereocenters. The maximum atomic E-state index is 14.7. The third kappa shape index (κ3) is 3.05. The van der Waals surface area contributed by atoms with Crippen LogP contribution in [0.3, 0.4) is 0 Å². The molecule has 0 bridgehead atoms. The summed E-state index contributed by atoms with van der Waals surface area (Å²) in [5, 5.41) is -0.531. The molecular formula is C17H15Cl2F2N3O2. The lowest BCUT2D eigenvalue weighted by atomic mass is 10.1. The number of nitrogens with one attached hydrogen (secondary N) is 1. The summed E-state index contributed by atoms with van der Waals surface area (Å²) < 4.78 is 57.5. The van der Waals surface area contributed by atoms with Gasteiger partial charge in [0.1, 0.15) is 11.2 Å². The molecule has 5 nitrogen and oxygen atoms in total. The van der Waals surface area contributed by atoms with E-state index in [9.17, 15) is 13.6 Å². The smallest absolute Gasteiger partial charge is 0.414 e. The van der Waals surface area contributed by atoms with E-state index >= 15 is 0 Å². The molecule has 0 spiro atoms. The van der Waals surface area contributed by atoms with E-state index in [4.69, 9.17) is 32.1 Å². The van der Waals surface area contributed by atoms with Crippen LogP contribution in [-0.4, -0.2) is 28.6 Å². The van der Waals surface area contributed by atoms with E-state index < -0.39 is 36.0 Å². The number of benzene rings is 1. The molecule has 0 radical (unpaired) electrons. The zero-order valence-corrected chi connectivity index (χ0v) is 15.4. The zero-order valence-electron chi connectivity index (χ0n) is 16.9. The van der Waals surface area contributed by atoms with Crippen LogP contribution in [0.2, 0.25) is 10.0 Å². The number of carbonyl (C=O) groups excluding carboxylic acids is 1. The quantitative estimate of drug-likeness (QED) is 0.567. The van der Waals surface area contributed by atoms with E-state index in [2.05, 4.69) is 9.97 Å². The highest BCUT2D eigenvalue weighted by atomic mass is 35.5. The number of nitrogens with zero attached hydrogens (tertiary/aromatic N) is 2. The summed E-state index contributed by atoms with van der Waals surface area (Å²) in [6.07, 6.45) is -0.0640. The highest BCUT2D eigenvalue weighted by molar-refractivity contribution is 6.46. The lowest BCUT2D eigenvalue weighted by molar-refractivity contribution is 0.0589. The molecule has 0 aliphatic heterocycles. The monoisotopic (exact) mass is 404 g/mol. The van der Waals surface area contributed by atoms with Crippen molar-refractivity contribution in [2.75, 3.05) is 11.9 Å². The van der Waals surface area contributed by atoms with Crippen molar-refractivity contribution < 1.29 is 22.4 Å². The molecule has 2 aromatic heterocycles. The molecule has 1 aromatic carbocycles. The number of ether oxygens (including phenoxy) is 1. The number of anilines is 1. The number of halogens is 4. The Morgan fingerprint density at radius 1 is 1.35 bits per heavy atom. The van der Waals surface area contributed by atoms with E-state index in [1.165, 1.54) is 27.0 Å². The molecule has 0 fully saturated rings. The molecule has 3 rings (SSSR count). The minimum absolute atomic E-state index is 0.00917. The van der Waals surface area contributed by atoms with Gasteiger partial charge in [0.05, 0.1) is 26.6 Å². The van der Waals surface area contributed by atoms with Crippen molar-refractivity contribution in [3.05, 3.63) is 33.9 Å². The third-order valence-corrected chi connectivity index (χ3v) is 4.26. The maximum Gasteiger partial charge on any atom is 0.414 e. The second kappa shape index (κ2) is 6.25. The first kappa shape index (κ1) is 15.0. The number of H-pyrrole nitrogens is 1. The molecule has 9 heteroatoms. The van der Waals surface area contributed by atoms with Crippen LogP contribution in [0, 0.1) is 11.6 Å². The van der Waals surface area contributed by atoms with Crippen LogP contribution >= 0.6 is 23.2 Å². The van der Waals surface area contributed by atoms with Crippen molar-refractivity contribution in [3.63, 3.8) is 0 Å². The summed E-state index contributed by atoms with van der Waals surface area (Å²) in [6.45, 7) is 1.56. The van der Waals surface area contributed by atoms with Crippen molar-refractivity contribution in [1.82, 2.24) is 9.97 Å². The summed E-state index contributed by atoms with van der Waals surface area (Å²) >= 11 is 12.1. The van der Waals surface area contributed by atoms with Gasteiger partial charge in [0.2, 0.25) is 0 Å². The SMILES string of the molecule is [2H]C([2H])([2H])N(C(=O)OC(C)(C)C)c1cc(F)c(F)c2c1[nH]c1ncc(Cl)c(Cl)c12. The van der Waals surface area contributed by atoms with Crippen LogP contribution in [0.4, 0.5) is 19.3 Å². The van der Waals surface area contributed by atoms with Crippen LogP contribution in [0.15, 0.2) is 12.3 Å². The Morgan fingerprint density at radius 3 is 2.65 bits per heavy atom. The molecule has 0 saturated heterocycles. The largest absolute Gasteiger partial charge is 0.443 e. The molecule has 0 atom stereocenters. The van der Waals surface area contributed by atoms with Gasteiger partial charge in [0.25, 0.3) is 0 Å². The average molecular weight is 405 g/mol. The molecule has 2 heterocycles. The standard InChI is InChI=1S/C17H15Cl2F2N3O2/c1-17(2,3)26-16(25)24(4)9-5-8(20)13(21)11-10-12(19)7(18)6-22-15(10)23-14(9)11/h5-6H,1-4H3,(H,22,23)/i4D3. The molecule has 138 valence electrons. The number of hydrogen-bond acceptors (Lipinski definition) is 3. The predicted octanol–water partition coefficient (Wildman–Crippen LogP) is 5.67. The second-order valence-corrected chi connectivity index (χ2v) is 7.31. The Hall–Kier alpha value is -2.12. The summed E-state index contributed by atoms with van der Waals surface area (Å²) in [5.41, 5.74) is -1.65. The molecule has 3 aromatic rings. The van der Waals surface area contributed by atoms with Crippen LogP contribution in [-0.2, 0) is 4.74 Å². The number of aromatic nitrogens is 2. The van der Waals surface area contributed by atoms with Crippen molar-refractivity contribution in [3.8, 4) is 0 Å². The van der Waals surface area contributed by atoms with Gasteiger partial charge in [-0.05, 0) is 20.8 Å². The van der Waals surface area contributed by atoms with Gasteiger partial charge >= 0.3 is 6.09 Å². The van der Waals surface area contributed by atoms with E-state index in [0.29, 0.717) is 6.07 Å². The number of rotatable bonds is 1. The Morgan fingerprint density at radius 2 is 2.04 bits per heavy atom. The minimum atomic E-state index is -3.06. The fourth-order valence-electron chi connectivity index (χ4n) is 2.46. The molecular weight excluding hydrogens is 387 g/mol. The van der Waals surface area contributed by atoms with Crippen LogP contribution < -0.4 is 4.90 Å². The Balaban J connectivity index is 2.40. The summed E-state index contributed by atoms with van der Waals surface area (Å²) in [7, 11) is 0. The predicted molar refractivity (Wildman–Crippen MR) is 98.2 cm³/mol. The number of pyridine rings is 1. The average Bonchev–Trinajstić information content (AvgIpc) is 2.93. The number of hydrogen-bond donors (Lipinski definition) is 1. The van der Waals surface area contributed by atoms with Crippen molar-refractivity contribution in [2.24, 2.45) is 0 Å². The first-order chi connectivity index (χ1) is 13.2. The third-order valence-electron chi connectivity index (χ3n) is 3.48. The van der Waals surface area contributed by atoms with Gasteiger partial charge in [0.15, 0.2) is 11.6 Å². The van der Waals surface area contributed by atoms with Crippen LogP contribution in [0.1, 0.15) is 24.9 Å². The Kier molecular flexibility index (Phi) is 3.60. The van der Waals surface area contributed by atoms with Crippen molar-refractivity contribution in [2.45, 2.75) is 26.4 Å². The molecule has 1 N–H and O–H groups in total. The Bertz CT molecular complexity index is 1140. The molecule has 0 aliphatic carbocycles. The van der Waals surface area contributed by atoms with Gasteiger partial charge in [-0.2, -0.15) is 0 Å². The van der Waals surface area contributed by atoms with E-state index in [0.717, 1.165) is 0 Å². The summed E-state index contributed by atoms with van der Waals surface area (Å²) in [6, 6.07) is 0.596. The fourth-order valence-corrected chi connectivity index (χ4v) is 2.84. The van der Waals surface area contributed by atoms with Crippen LogP contribution in [0.25, 0.3) is 21.9 Å². The van der Waals surface area contributed by atoms with Gasteiger partial charge < -0.3 is 9.72 Å². The number of fused-ring (bicyclic) bond motifs is 3. The molecule has 26 heavy (non-hydrogen) atoms. The first-order valence-electron chi connectivity index (χ1n) is 8.89. The van der Waals surface area contributed by atoms with E-state index in [1.807, 2.05) is 0 Å². The highest BCUT2D eigenvalue weighted by Gasteiger charge is 2.26. The second-order valence-electron chi connectivity index (χ2n) is 6.53. The van der Waals surface area contributed by atoms with E-state index in [1.54, 1.807) is 0 Å². The van der Waals surface area contributed by atoms with Crippen LogP contribution in [0.5, 0.6) is 0 Å². The molecule has 1 amide bonds.